The van der Waals surface area contributed by atoms with Crippen molar-refractivity contribution >= 4 is 32.9 Å². The Labute approximate surface area is 299 Å². The number of hydrogen-bond acceptors (Lipinski definition) is 1. The van der Waals surface area contributed by atoms with Crippen LogP contribution in [0.25, 0.3) is 70.9 Å². The highest BCUT2D eigenvalue weighted by molar-refractivity contribution is 6.09. The third-order valence-electron chi connectivity index (χ3n) is 10.9. The molecule has 0 fully saturated rings. The molecular weight excluding hydrogens is 617 g/mol. The molecule has 0 heterocycles. The van der Waals surface area contributed by atoms with Crippen molar-refractivity contribution in [2.24, 2.45) is 0 Å². The Balaban J connectivity index is 1.17. The van der Waals surface area contributed by atoms with E-state index in [1.807, 2.05) is 6.07 Å². The monoisotopic (exact) mass is 652 g/mol. The first-order valence-electron chi connectivity index (χ1n) is 17.5. The molecule has 0 atom stereocenters. The second-order valence-electron chi connectivity index (χ2n) is 14.3. The van der Waals surface area contributed by atoms with Gasteiger partial charge in [0.2, 0.25) is 0 Å². The maximum absolute atomic E-state index is 7.53. The SMILES string of the molecule is [C-]#[N+]c1ccc2c(c1)C(C)(C)c1cc(-c3ccc(-c4cc(Cc5ccccc5)c(-c5cc6ccccc6cc5N)c5ccccc45)cc3)ccc1-2. The first-order valence-corrected chi connectivity index (χ1v) is 17.5. The lowest BCUT2D eigenvalue weighted by molar-refractivity contribution is 0.661. The van der Waals surface area contributed by atoms with E-state index in [1.54, 1.807) is 0 Å². The van der Waals surface area contributed by atoms with E-state index in [4.69, 9.17) is 12.3 Å². The molecule has 0 bridgehead atoms. The molecule has 51 heavy (non-hydrogen) atoms. The molecule has 8 aromatic rings. The number of hydrogen-bond donors (Lipinski definition) is 1. The Hall–Kier alpha value is -6.43. The minimum Gasteiger partial charge on any atom is -0.398 e. The van der Waals surface area contributed by atoms with Gasteiger partial charge in [0.15, 0.2) is 5.69 Å². The summed E-state index contributed by atoms with van der Waals surface area (Å²) in [6, 6.07) is 56.7. The van der Waals surface area contributed by atoms with Crippen molar-refractivity contribution in [2.75, 3.05) is 5.73 Å². The average molecular weight is 653 g/mol. The van der Waals surface area contributed by atoms with Crippen LogP contribution in [0.4, 0.5) is 11.4 Å². The Morgan fingerprint density at radius 2 is 1.14 bits per heavy atom. The molecule has 2 N–H and O–H groups in total. The molecule has 2 heteroatoms. The molecule has 9 rings (SSSR count). The van der Waals surface area contributed by atoms with E-state index in [0.717, 1.165) is 23.1 Å². The molecule has 0 saturated carbocycles. The molecule has 242 valence electrons. The van der Waals surface area contributed by atoms with Crippen LogP contribution in [-0.4, -0.2) is 0 Å². The van der Waals surface area contributed by atoms with Crippen molar-refractivity contribution in [3.63, 3.8) is 0 Å². The third-order valence-corrected chi connectivity index (χ3v) is 10.9. The van der Waals surface area contributed by atoms with Crippen molar-refractivity contribution in [3.8, 4) is 44.5 Å². The predicted octanol–water partition coefficient (Wildman–Crippen LogP) is 13.0. The minimum absolute atomic E-state index is 0.175. The van der Waals surface area contributed by atoms with Gasteiger partial charge in [-0.25, -0.2) is 4.85 Å². The topological polar surface area (TPSA) is 30.4 Å². The zero-order chi connectivity index (χ0) is 34.7. The zero-order valence-corrected chi connectivity index (χ0v) is 28.7. The van der Waals surface area contributed by atoms with E-state index in [2.05, 4.69) is 170 Å². The molecule has 0 amide bonds. The number of nitrogens with zero attached hydrogens (tertiary/aromatic N) is 1. The van der Waals surface area contributed by atoms with E-state index >= 15 is 0 Å². The lowest BCUT2D eigenvalue weighted by Crippen LogP contribution is -2.14. The summed E-state index contributed by atoms with van der Waals surface area (Å²) in [5.74, 6) is 0. The Morgan fingerprint density at radius 1 is 0.529 bits per heavy atom. The highest BCUT2D eigenvalue weighted by Gasteiger charge is 2.35. The molecule has 1 aliphatic rings. The lowest BCUT2D eigenvalue weighted by atomic mass is 9.81. The van der Waals surface area contributed by atoms with Crippen molar-refractivity contribution < 1.29 is 0 Å². The van der Waals surface area contributed by atoms with Crippen LogP contribution in [0.5, 0.6) is 0 Å². The van der Waals surface area contributed by atoms with Gasteiger partial charge in [-0.1, -0.05) is 147 Å². The molecule has 0 saturated heterocycles. The van der Waals surface area contributed by atoms with E-state index in [0.29, 0.717) is 5.69 Å². The average Bonchev–Trinajstić information content (AvgIpc) is 3.39. The van der Waals surface area contributed by atoms with Gasteiger partial charge in [0.05, 0.1) is 6.57 Å². The quantitative estimate of drug-likeness (QED) is 0.146. The molecule has 1 aliphatic carbocycles. The summed E-state index contributed by atoms with van der Waals surface area (Å²) in [6.45, 7) is 12.1. The highest BCUT2D eigenvalue weighted by Crippen LogP contribution is 2.51. The number of fused-ring (bicyclic) bond motifs is 5. The second-order valence-corrected chi connectivity index (χ2v) is 14.3. The van der Waals surface area contributed by atoms with Gasteiger partial charge in [0.1, 0.15) is 0 Å². The van der Waals surface area contributed by atoms with Crippen LogP contribution in [0.15, 0.2) is 158 Å². The summed E-state index contributed by atoms with van der Waals surface area (Å²) in [5.41, 5.74) is 22.8. The van der Waals surface area contributed by atoms with Gasteiger partial charge in [-0.2, -0.15) is 0 Å². The van der Waals surface area contributed by atoms with Crippen molar-refractivity contribution in [1.82, 2.24) is 0 Å². The number of benzene rings is 8. The molecule has 2 nitrogen and oxygen atoms in total. The van der Waals surface area contributed by atoms with E-state index in [1.165, 1.54) is 77.4 Å². The number of nitrogens with two attached hydrogens (primary N) is 1. The Bertz CT molecular complexity index is 2690. The van der Waals surface area contributed by atoms with Gasteiger partial charge in [0.25, 0.3) is 0 Å². The lowest BCUT2D eigenvalue weighted by Gasteiger charge is -2.22. The van der Waals surface area contributed by atoms with Crippen LogP contribution in [-0.2, 0) is 11.8 Å². The van der Waals surface area contributed by atoms with Crippen molar-refractivity contribution in [1.29, 1.82) is 0 Å². The first-order chi connectivity index (χ1) is 24.9. The van der Waals surface area contributed by atoms with E-state index in [-0.39, 0.29) is 5.41 Å². The highest BCUT2D eigenvalue weighted by atomic mass is 14.6. The third kappa shape index (κ3) is 5.09. The second kappa shape index (κ2) is 11.9. The molecule has 0 aromatic heterocycles. The summed E-state index contributed by atoms with van der Waals surface area (Å²) in [5, 5.41) is 4.74. The van der Waals surface area contributed by atoms with E-state index in [9.17, 15) is 0 Å². The maximum Gasteiger partial charge on any atom is 0.187 e. The molecule has 0 radical (unpaired) electrons. The summed E-state index contributed by atoms with van der Waals surface area (Å²) in [4.78, 5) is 3.70. The predicted molar refractivity (Wildman–Crippen MR) is 215 cm³/mol. The van der Waals surface area contributed by atoms with Gasteiger partial charge in [-0.15, -0.1) is 0 Å². The van der Waals surface area contributed by atoms with Crippen LogP contribution >= 0.6 is 0 Å². The van der Waals surface area contributed by atoms with Crippen molar-refractivity contribution in [2.45, 2.75) is 25.7 Å². The Kier molecular flexibility index (Phi) is 7.12. The van der Waals surface area contributed by atoms with Crippen LogP contribution in [0.1, 0.15) is 36.1 Å². The molecule has 0 unspecified atom stereocenters. The fourth-order valence-electron chi connectivity index (χ4n) is 8.24. The normalized spacial score (nSPS) is 12.8. The van der Waals surface area contributed by atoms with E-state index < -0.39 is 0 Å². The summed E-state index contributed by atoms with van der Waals surface area (Å²) in [7, 11) is 0. The standard InChI is InChI=1S/C49H36N2/c1-49(2)45-28-36(21-23-40(45)41-24-22-38(51-3)30-46(41)49)32-17-19-33(20-18-32)43-27-37(25-31-11-5-4-6-12-31)48(42-16-10-9-15-39(42)43)44-26-34-13-7-8-14-35(34)29-47(44)50/h4-24,26-30H,25,50H2,1-2H3. The fraction of sp³-hybridized carbons (Fsp3) is 0.0816. The largest absolute Gasteiger partial charge is 0.398 e. The zero-order valence-electron chi connectivity index (χ0n) is 28.7. The van der Waals surface area contributed by atoms with Crippen molar-refractivity contribution in [3.05, 3.63) is 191 Å². The Morgan fingerprint density at radius 3 is 1.88 bits per heavy atom. The maximum atomic E-state index is 7.53. The van der Waals surface area contributed by atoms with Gasteiger partial charge < -0.3 is 5.73 Å². The molecular formula is C49H36N2. The molecule has 0 aliphatic heterocycles. The summed E-state index contributed by atoms with van der Waals surface area (Å²) < 4.78 is 0. The molecule has 8 aromatic carbocycles. The van der Waals surface area contributed by atoms with Crippen LogP contribution in [0, 0.1) is 6.57 Å². The summed E-state index contributed by atoms with van der Waals surface area (Å²) >= 11 is 0. The van der Waals surface area contributed by atoms with Crippen LogP contribution in [0.3, 0.4) is 0 Å². The summed E-state index contributed by atoms with van der Waals surface area (Å²) in [6.07, 6.45) is 0.795. The number of nitrogen functional groups attached to an aromatic ring is 1. The minimum atomic E-state index is -0.175. The van der Waals surface area contributed by atoms with Crippen LogP contribution < -0.4 is 5.73 Å². The van der Waals surface area contributed by atoms with Gasteiger partial charge >= 0.3 is 0 Å². The van der Waals surface area contributed by atoms with Gasteiger partial charge in [-0.3, -0.25) is 0 Å². The first kappa shape index (κ1) is 30.6. The van der Waals surface area contributed by atoms with Gasteiger partial charge in [0, 0.05) is 16.7 Å². The van der Waals surface area contributed by atoms with Gasteiger partial charge in [-0.05, 0) is 113 Å². The fourth-order valence-corrected chi connectivity index (χ4v) is 8.24. The smallest absolute Gasteiger partial charge is 0.187 e. The number of anilines is 1. The number of rotatable bonds is 5. The molecule has 0 spiro atoms. The van der Waals surface area contributed by atoms with Crippen LogP contribution in [0.2, 0.25) is 0 Å².